The van der Waals surface area contributed by atoms with Gasteiger partial charge in [-0.15, -0.1) is 0 Å². The number of methoxy groups -OCH3 is 1. The molecule has 0 radical (unpaired) electrons. The molecule has 35 heavy (non-hydrogen) atoms. The highest BCUT2D eigenvalue weighted by molar-refractivity contribution is 5.78. The molecule has 1 atom stereocenters. The Kier molecular flexibility index (Phi) is 6.70. The minimum Gasteiger partial charge on any atom is -0.497 e. The van der Waals surface area contributed by atoms with Gasteiger partial charge >= 0.3 is 0 Å². The average molecular weight is 475 g/mol. The SMILES string of the molecule is COc1ccc(CCC(=O)N2CCc3ncn4c3C2c2cccc(c2)OCCCNC(=O)C4)cc1. The van der Waals surface area contributed by atoms with Crippen molar-refractivity contribution in [1.29, 1.82) is 0 Å². The molecule has 3 heterocycles. The summed E-state index contributed by atoms with van der Waals surface area (Å²) in [6.45, 7) is 1.81. The summed E-state index contributed by atoms with van der Waals surface area (Å²) < 4.78 is 13.1. The highest BCUT2D eigenvalue weighted by Gasteiger charge is 2.35. The van der Waals surface area contributed by atoms with Crippen LogP contribution in [-0.4, -0.2) is 53.1 Å². The van der Waals surface area contributed by atoms with Crippen molar-refractivity contribution in [3.05, 3.63) is 77.4 Å². The van der Waals surface area contributed by atoms with Crippen LogP contribution < -0.4 is 14.8 Å². The summed E-state index contributed by atoms with van der Waals surface area (Å²) in [5.41, 5.74) is 3.88. The maximum absolute atomic E-state index is 13.6. The van der Waals surface area contributed by atoms with Crippen LogP contribution in [0.15, 0.2) is 54.9 Å². The molecule has 2 aliphatic heterocycles. The van der Waals surface area contributed by atoms with Gasteiger partial charge in [-0.25, -0.2) is 4.98 Å². The minimum atomic E-state index is -0.332. The molecule has 0 spiro atoms. The van der Waals surface area contributed by atoms with Gasteiger partial charge in [-0.2, -0.15) is 0 Å². The second-order valence-electron chi connectivity index (χ2n) is 8.92. The standard InChI is InChI=1S/C27H30N4O4/c1-34-21-9-6-19(7-10-21)8-11-25(33)31-14-12-23-27-26(31)20-4-2-5-22(16-20)35-15-3-13-28-24(32)17-30(27)18-29-23/h2,4-7,9-10,16,18,26H,3,8,11-15,17H2,1H3,(H,28,32). The Morgan fingerprint density at radius 3 is 2.91 bits per heavy atom. The van der Waals surface area contributed by atoms with Crippen molar-refractivity contribution in [2.45, 2.75) is 38.3 Å². The zero-order valence-electron chi connectivity index (χ0n) is 19.9. The highest BCUT2D eigenvalue weighted by Crippen LogP contribution is 2.37. The molecule has 0 aliphatic carbocycles. The fraction of sp³-hybridized carbons (Fsp3) is 0.370. The summed E-state index contributed by atoms with van der Waals surface area (Å²) in [7, 11) is 1.64. The molecule has 8 heteroatoms. The van der Waals surface area contributed by atoms with Crippen LogP contribution in [0.3, 0.4) is 0 Å². The third kappa shape index (κ3) is 5.01. The smallest absolute Gasteiger partial charge is 0.239 e. The van der Waals surface area contributed by atoms with Gasteiger partial charge in [0.15, 0.2) is 0 Å². The van der Waals surface area contributed by atoms with Crippen LogP contribution in [0.5, 0.6) is 11.5 Å². The van der Waals surface area contributed by atoms with E-state index in [9.17, 15) is 9.59 Å². The van der Waals surface area contributed by atoms with E-state index in [0.717, 1.165) is 40.4 Å². The molecule has 1 aromatic heterocycles. The van der Waals surface area contributed by atoms with Gasteiger partial charge in [-0.05, 0) is 48.2 Å². The van der Waals surface area contributed by atoms with E-state index in [1.54, 1.807) is 13.4 Å². The van der Waals surface area contributed by atoms with E-state index in [-0.39, 0.29) is 24.4 Å². The number of fused-ring (bicyclic) bond motifs is 3. The number of carbonyl (C=O) groups is 2. The second-order valence-corrected chi connectivity index (χ2v) is 8.92. The number of imidazole rings is 1. The largest absolute Gasteiger partial charge is 0.497 e. The number of hydrogen-bond donors (Lipinski definition) is 1. The van der Waals surface area contributed by atoms with Crippen molar-refractivity contribution in [3.8, 4) is 11.5 Å². The summed E-state index contributed by atoms with van der Waals surface area (Å²) in [5, 5.41) is 2.95. The van der Waals surface area contributed by atoms with Crippen LogP contribution in [0.25, 0.3) is 0 Å². The molecule has 2 bridgehead atoms. The Bertz CT molecular complexity index is 1200. The topological polar surface area (TPSA) is 85.7 Å². The van der Waals surface area contributed by atoms with Crippen molar-refractivity contribution in [3.63, 3.8) is 0 Å². The monoisotopic (exact) mass is 474 g/mol. The molecule has 2 aliphatic rings. The molecule has 1 N–H and O–H groups in total. The number of nitrogens with zero attached hydrogens (tertiary/aromatic N) is 3. The average Bonchev–Trinajstić information content (AvgIpc) is 3.29. The molecular weight excluding hydrogens is 444 g/mol. The third-order valence-electron chi connectivity index (χ3n) is 6.62. The first kappa shape index (κ1) is 23.0. The quantitative estimate of drug-likeness (QED) is 0.629. The zero-order chi connectivity index (χ0) is 24.2. The van der Waals surface area contributed by atoms with Crippen LogP contribution in [0, 0.1) is 0 Å². The van der Waals surface area contributed by atoms with Gasteiger partial charge in [-0.3, -0.25) is 9.59 Å². The van der Waals surface area contributed by atoms with Crippen LogP contribution >= 0.6 is 0 Å². The fourth-order valence-electron chi connectivity index (χ4n) is 4.84. The molecule has 182 valence electrons. The summed E-state index contributed by atoms with van der Waals surface area (Å²) in [4.78, 5) is 32.7. The van der Waals surface area contributed by atoms with Gasteiger partial charge in [-0.1, -0.05) is 24.3 Å². The van der Waals surface area contributed by atoms with E-state index in [2.05, 4.69) is 10.3 Å². The van der Waals surface area contributed by atoms with Crippen molar-refractivity contribution in [2.24, 2.45) is 0 Å². The van der Waals surface area contributed by atoms with E-state index in [0.29, 0.717) is 39.0 Å². The van der Waals surface area contributed by atoms with E-state index in [4.69, 9.17) is 9.47 Å². The third-order valence-corrected chi connectivity index (χ3v) is 6.62. The molecule has 2 amide bonds. The lowest BCUT2D eigenvalue weighted by Crippen LogP contribution is -2.42. The number of aromatic nitrogens is 2. The summed E-state index contributed by atoms with van der Waals surface area (Å²) in [5.74, 6) is 1.56. The van der Waals surface area contributed by atoms with Crippen molar-refractivity contribution in [2.75, 3.05) is 26.8 Å². The number of nitrogens with one attached hydrogen (secondary N) is 1. The van der Waals surface area contributed by atoms with Gasteiger partial charge in [0.25, 0.3) is 0 Å². The first-order valence-electron chi connectivity index (χ1n) is 12.1. The molecule has 3 aromatic rings. The van der Waals surface area contributed by atoms with Crippen molar-refractivity contribution in [1.82, 2.24) is 19.8 Å². The Hall–Kier alpha value is -3.81. The van der Waals surface area contributed by atoms with Gasteiger partial charge < -0.3 is 24.3 Å². The number of amides is 2. The Morgan fingerprint density at radius 2 is 2.09 bits per heavy atom. The number of ether oxygens (including phenoxy) is 2. The molecule has 0 fully saturated rings. The Morgan fingerprint density at radius 1 is 1.23 bits per heavy atom. The van der Waals surface area contributed by atoms with E-state index in [1.807, 2.05) is 58.0 Å². The van der Waals surface area contributed by atoms with Gasteiger partial charge in [0.1, 0.15) is 18.0 Å². The Balaban J connectivity index is 1.47. The lowest BCUT2D eigenvalue weighted by molar-refractivity contribution is -0.133. The summed E-state index contributed by atoms with van der Waals surface area (Å²) in [6, 6.07) is 15.4. The fourth-order valence-corrected chi connectivity index (χ4v) is 4.84. The first-order chi connectivity index (χ1) is 17.1. The van der Waals surface area contributed by atoms with Crippen molar-refractivity contribution < 1.29 is 19.1 Å². The zero-order valence-corrected chi connectivity index (χ0v) is 19.9. The van der Waals surface area contributed by atoms with Crippen LogP contribution in [0.1, 0.15) is 41.4 Å². The number of rotatable bonds is 4. The Labute approximate surface area is 204 Å². The van der Waals surface area contributed by atoms with Crippen LogP contribution in [0.4, 0.5) is 0 Å². The number of hydrogen-bond acceptors (Lipinski definition) is 5. The van der Waals surface area contributed by atoms with Crippen LogP contribution in [0.2, 0.25) is 0 Å². The minimum absolute atomic E-state index is 0.0714. The highest BCUT2D eigenvalue weighted by atomic mass is 16.5. The van der Waals surface area contributed by atoms with Crippen molar-refractivity contribution >= 4 is 11.8 Å². The predicted molar refractivity (Wildman–Crippen MR) is 130 cm³/mol. The molecule has 8 nitrogen and oxygen atoms in total. The molecule has 0 saturated heterocycles. The van der Waals surface area contributed by atoms with Gasteiger partial charge in [0, 0.05) is 25.9 Å². The number of benzene rings is 2. The molecule has 0 saturated carbocycles. The number of carbonyl (C=O) groups excluding carboxylic acids is 2. The van der Waals surface area contributed by atoms with E-state index in [1.165, 1.54) is 0 Å². The normalized spacial score (nSPS) is 17.7. The van der Waals surface area contributed by atoms with Gasteiger partial charge in [0.05, 0.1) is 37.5 Å². The summed E-state index contributed by atoms with van der Waals surface area (Å²) in [6.07, 6.45) is 4.14. The summed E-state index contributed by atoms with van der Waals surface area (Å²) >= 11 is 0. The number of aryl methyl sites for hydroxylation is 1. The molecule has 2 aromatic carbocycles. The van der Waals surface area contributed by atoms with Gasteiger partial charge in [0.2, 0.25) is 11.8 Å². The first-order valence-corrected chi connectivity index (χ1v) is 12.1. The van der Waals surface area contributed by atoms with E-state index >= 15 is 0 Å². The van der Waals surface area contributed by atoms with E-state index < -0.39 is 0 Å². The van der Waals surface area contributed by atoms with Crippen LogP contribution in [-0.2, 0) is 29.0 Å². The lowest BCUT2D eigenvalue weighted by Gasteiger charge is -2.37. The molecular formula is C27H30N4O4. The lowest BCUT2D eigenvalue weighted by atomic mass is 9.94. The predicted octanol–water partition coefficient (Wildman–Crippen LogP) is 2.90. The maximum Gasteiger partial charge on any atom is 0.239 e. The second kappa shape index (κ2) is 10.2. The maximum atomic E-state index is 13.6. The molecule has 1 unspecified atom stereocenters. The molecule has 5 rings (SSSR count).